The fourth-order valence-corrected chi connectivity index (χ4v) is 11.7. The third-order valence-electron chi connectivity index (χ3n) is 17.1. The number of alkyl halides is 2. The molecule has 0 radical (unpaired) electrons. The Labute approximate surface area is 625 Å². The average Bonchev–Trinajstić information content (AvgIpc) is 0.821. The van der Waals surface area contributed by atoms with E-state index in [2.05, 4.69) is 76.4 Å². The first-order valence-electron chi connectivity index (χ1n) is 37.3. The molecule has 0 aliphatic heterocycles. The molecule has 0 spiro atoms. The predicted octanol–water partition coefficient (Wildman–Crippen LogP) is 0.853. The molecule has 104 heavy (non-hydrogen) atoms. The molecule has 596 valence electrons. The van der Waals surface area contributed by atoms with Gasteiger partial charge in [-0.05, 0) is 128 Å². The minimum absolute atomic E-state index is 0.0150. The quantitative estimate of drug-likeness (QED) is 0.0132. The maximum atomic E-state index is 14.6. The van der Waals surface area contributed by atoms with Crippen LogP contribution in [0.2, 0.25) is 0 Å². The average molecular weight is 1510 g/mol. The molecule has 0 saturated carbocycles. The smallest absolute Gasteiger partial charge is 0.243 e. The van der Waals surface area contributed by atoms with Crippen LogP contribution in [-0.2, 0) is 52.7 Å². The second kappa shape index (κ2) is 57.6. The summed E-state index contributed by atoms with van der Waals surface area (Å²) >= 11 is 13.4. The third-order valence-corrected chi connectivity index (χ3v) is 17.9. The van der Waals surface area contributed by atoms with Gasteiger partial charge in [0.15, 0.2) is 51.9 Å². The van der Waals surface area contributed by atoms with Gasteiger partial charge in [-0.25, -0.2) is 0 Å². The van der Waals surface area contributed by atoms with Gasteiger partial charge < -0.3 is 99.9 Å². The number of guanidine groups is 4. The molecule has 0 heterocycles. The zero-order valence-electron chi connectivity index (χ0n) is 62.7. The highest BCUT2D eigenvalue weighted by atomic mass is 35.5. The van der Waals surface area contributed by atoms with Crippen molar-refractivity contribution in [1.29, 1.82) is 0 Å². The van der Waals surface area contributed by atoms with Gasteiger partial charge in [-0.2, -0.15) is 0 Å². The molecule has 35 heteroatoms. The van der Waals surface area contributed by atoms with E-state index in [1.807, 2.05) is 0 Å². The maximum Gasteiger partial charge on any atom is 0.243 e. The number of nitrogens with zero attached hydrogens (tertiary/aromatic N) is 4. The molecule has 8 amide bonds. The fraction of sp³-hybridized carbons (Fsp3) is 0.783. The number of nitrogens with one attached hydrogen (secondary N) is 8. The van der Waals surface area contributed by atoms with E-state index in [0.29, 0.717) is 51.4 Å². The maximum absolute atomic E-state index is 14.6. The number of ketones is 3. The number of hydrogen-bond donors (Lipinski definition) is 18. The highest BCUT2D eigenvalue weighted by Gasteiger charge is 2.42. The van der Waals surface area contributed by atoms with Crippen LogP contribution in [0.4, 0.5) is 0 Å². The van der Waals surface area contributed by atoms with Gasteiger partial charge in [-0.1, -0.05) is 119 Å². The Kier molecular flexibility index (Phi) is 53.4. The molecule has 2 unspecified atom stereocenters. The van der Waals surface area contributed by atoms with Crippen LogP contribution < -0.4 is 99.9 Å². The van der Waals surface area contributed by atoms with Gasteiger partial charge in [0.2, 0.25) is 47.3 Å². The number of unbranched alkanes of at least 4 members (excludes halogenated alkanes) is 14. The van der Waals surface area contributed by atoms with Crippen molar-refractivity contribution in [2.75, 3.05) is 39.3 Å². The number of nitrogens with two attached hydrogens (primary N) is 10. The molecule has 0 aliphatic rings. The summed E-state index contributed by atoms with van der Waals surface area (Å²) in [6, 6.07) is -10.7. The molecule has 28 N–H and O–H groups in total. The summed E-state index contributed by atoms with van der Waals surface area (Å²) in [7, 11) is 0. The molecule has 0 rings (SSSR count). The molecule has 0 aromatic carbocycles. The van der Waals surface area contributed by atoms with Crippen molar-refractivity contribution in [2.45, 2.75) is 293 Å². The summed E-state index contributed by atoms with van der Waals surface area (Å²) in [5.74, 6) is -11.1. The highest BCUT2D eigenvalue weighted by molar-refractivity contribution is 6.53. The van der Waals surface area contributed by atoms with E-state index in [-0.39, 0.29) is 139 Å². The summed E-state index contributed by atoms with van der Waals surface area (Å²) in [6.07, 6.45) is 15.7. The molecule has 0 aromatic heterocycles. The minimum atomic E-state index is -2.23. The van der Waals surface area contributed by atoms with Crippen LogP contribution in [0.5, 0.6) is 0 Å². The van der Waals surface area contributed by atoms with E-state index in [0.717, 1.165) is 77.0 Å². The minimum Gasteiger partial charge on any atom is -0.370 e. The van der Waals surface area contributed by atoms with Crippen LogP contribution in [0.25, 0.3) is 0 Å². The van der Waals surface area contributed by atoms with Crippen LogP contribution in [0.1, 0.15) is 234 Å². The van der Waals surface area contributed by atoms with Gasteiger partial charge in [0.1, 0.15) is 36.3 Å². The monoisotopic (exact) mass is 1510 g/mol. The number of carbonyl (C=O) groups excluding carboxylic acids is 11. The van der Waals surface area contributed by atoms with Gasteiger partial charge in [0, 0.05) is 39.0 Å². The first kappa shape index (κ1) is 96.3. The lowest BCUT2D eigenvalue weighted by molar-refractivity contribution is -0.136. The molecular weight excluding hydrogens is 1380 g/mol. The van der Waals surface area contributed by atoms with Crippen molar-refractivity contribution in [3.63, 3.8) is 0 Å². The third kappa shape index (κ3) is 44.2. The fourth-order valence-electron chi connectivity index (χ4n) is 11.1. The summed E-state index contributed by atoms with van der Waals surface area (Å²) in [5.41, 5.74) is 56.1. The van der Waals surface area contributed by atoms with Crippen molar-refractivity contribution in [1.82, 2.24) is 42.5 Å². The van der Waals surface area contributed by atoms with E-state index in [9.17, 15) is 52.7 Å². The number of halogens is 2. The number of hydrogen-bond acceptors (Lipinski definition) is 17. The molecule has 0 aromatic rings. The Morgan fingerprint density at radius 3 is 0.827 bits per heavy atom. The van der Waals surface area contributed by atoms with Crippen LogP contribution in [0.3, 0.4) is 0 Å². The normalized spacial score (nSPS) is 14.0. The first-order valence-corrected chi connectivity index (χ1v) is 38.2. The Morgan fingerprint density at radius 1 is 0.298 bits per heavy atom. The van der Waals surface area contributed by atoms with Gasteiger partial charge in [0.05, 0.1) is 12.1 Å². The lowest BCUT2D eigenvalue weighted by Gasteiger charge is -2.29. The Morgan fingerprint density at radius 2 is 0.548 bits per heavy atom. The van der Waals surface area contributed by atoms with Crippen LogP contribution in [0, 0.1) is 11.8 Å². The second-order valence-electron chi connectivity index (χ2n) is 27.0. The van der Waals surface area contributed by atoms with Crippen molar-refractivity contribution in [2.24, 2.45) is 89.1 Å². The molecule has 0 bridgehead atoms. The van der Waals surface area contributed by atoms with Crippen LogP contribution >= 0.6 is 23.2 Å². The number of amides is 8. The topological polar surface area (TPSA) is 594 Å². The molecule has 10 atom stereocenters. The van der Waals surface area contributed by atoms with Crippen LogP contribution in [-0.4, -0.2) is 187 Å². The van der Waals surface area contributed by atoms with Crippen molar-refractivity contribution >= 4 is 112 Å². The van der Waals surface area contributed by atoms with Gasteiger partial charge in [0.25, 0.3) is 0 Å². The standard InChI is InChI=1S/C69H130Cl2N22O11/c1-7-9-11-13-15-17-19-35-51(94)86-47(33-27-41-84-68(78)79)62(101)92-55(43(3)4)64(103)90-49(29-21-23-37-72)60(99)88-45(31-25-39-82-66(74)75)57(96)53(70)59(98)54(71)58(97)46(32-26-40-83-67(76)77)89-61(100)50(30-22-24-38-73)91-65(104)56(44(5)6)93-63(102)48(34-28-42-85-69(80)81)87-52(95)36-20-18-16-14-12-10-8-2/h43-50,53-56H,7-42,72-73H2,1-6H3,(H,86,94)(H,87,95)(H,88,99)(H,89,100)(H,90,103)(H,91,104)(H,92,101)(H,93,102)(H4,74,75,82)(H4,76,77,83)(H4,78,79,84)(H4,80,81,85)/t45-,46-,47-,48-,49-,50-,53?,54?,55-,56-/m0/s1. The lowest BCUT2D eigenvalue weighted by atomic mass is 9.95. The Balaban J connectivity index is 7.14. The molecule has 0 fully saturated rings. The van der Waals surface area contributed by atoms with Gasteiger partial charge in [-0.15, -0.1) is 23.2 Å². The van der Waals surface area contributed by atoms with Gasteiger partial charge in [-0.3, -0.25) is 72.7 Å². The second-order valence-corrected chi connectivity index (χ2v) is 27.9. The molecule has 0 aliphatic carbocycles. The van der Waals surface area contributed by atoms with Crippen molar-refractivity contribution in [3.8, 4) is 0 Å². The predicted molar refractivity (Wildman–Crippen MR) is 410 cm³/mol. The zero-order valence-corrected chi connectivity index (χ0v) is 64.2. The molecule has 0 saturated heterocycles. The van der Waals surface area contributed by atoms with E-state index in [1.165, 1.54) is 0 Å². The zero-order chi connectivity index (χ0) is 78.5. The Hall–Kier alpha value is -7.65. The summed E-state index contributed by atoms with van der Waals surface area (Å²) in [6.45, 7) is 11.5. The van der Waals surface area contributed by atoms with Crippen LogP contribution in [0.15, 0.2) is 20.0 Å². The van der Waals surface area contributed by atoms with Crippen molar-refractivity contribution in [3.05, 3.63) is 0 Å². The van der Waals surface area contributed by atoms with E-state index in [4.69, 9.17) is 80.5 Å². The largest absolute Gasteiger partial charge is 0.370 e. The number of rotatable bonds is 62. The number of carbonyl (C=O) groups is 11. The van der Waals surface area contributed by atoms with E-state index >= 15 is 0 Å². The van der Waals surface area contributed by atoms with E-state index in [1.54, 1.807) is 27.7 Å². The number of aliphatic imine (C=N–C) groups is 4. The lowest BCUT2D eigenvalue weighted by Crippen LogP contribution is -2.59. The highest BCUT2D eigenvalue weighted by Crippen LogP contribution is 2.20. The van der Waals surface area contributed by atoms with Crippen molar-refractivity contribution < 1.29 is 52.7 Å². The van der Waals surface area contributed by atoms with Gasteiger partial charge >= 0.3 is 0 Å². The number of Topliss-reactive ketones (excluding diaryl/α,β-unsaturated/α-hetero) is 3. The molecule has 33 nitrogen and oxygen atoms in total. The SMILES string of the molecule is CCCCCCCCCC(=O)N[C@@H](CCCN=C(N)N)C(=O)N[C@H](C(=O)N[C@@H](CCCCN)C(=O)N[C@@H](CCCN=C(N)N)C(=O)C(Cl)C(=O)C(Cl)C(=O)[C@H](CCCN=C(N)N)NC(=O)[C@H](CCCCN)NC(=O)[C@@H](NC(=O)[C@H](CCCN=C(N)N)NC(=O)CCCCCCCCC)C(C)C)C(C)C. The summed E-state index contributed by atoms with van der Waals surface area (Å²) < 4.78 is 0. The summed E-state index contributed by atoms with van der Waals surface area (Å²) in [5, 5.41) is 17.3. The van der Waals surface area contributed by atoms with E-state index < -0.39 is 124 Å². The molecular formula is C69H130Cl2N22O11. The summed E-state index contributed by atoms with van der Waals surface area (Å²) in [4.78, 5) is 172. The first-order chi connectivity index (χ1) is 49.4. The Bertz CT molecular complexity index is 2530.